The summed E-state index contributed by atoms with van der Waals surface area (Å²) in [5.74, 6) is -1.20. The highest BCUT2D eigenvalue weighted by Crippen LogP contribution is 2.42. The van der Waals surface area contributed by atoms with Crippen molar-refractivity contribution in [3.8, 4) is 6.07 Å². The number of esters is 1. The molecule has 3 aromatic rings. The monoisotopic (exact) mass is 422 g/mol. The van der Waals surface area contributed by atoms with Gasteiger partial charge < -0.3 is 9.72 Å². The van der Waals surface area contributed by atoms with Crippen molar-refractivity contribution in [1.82, 2.24) is 4.98 Å². The van der Waals surface area contributed by atoms with Gasteiger partial charge in [-0.15, -0.1) is 0 Å². The number of hydrogen-bond acceptors (Lipinski definition) is 5. The van der Waals surface area contributed by atoms with Crippen LogP contribution < -0.4 is 0 Å². The SMILES string of the molecule is COC(=O)C(C)(C1CCc2c([nH]c3ccc(C#N)cc23)C1)S(=O)(=O)c1ccccc1. The maximum atomic E-state index is 13.6. The lowest BCUT2D eigenvalue weighted by Gasteiger charge is -2.36. The van der Waals surface area contributed by atoms with Gasteiger partial charge in [0.15, 0.2) is 14.6 Å². The fraction of sp³-hybridized carbons (Fsp3) is 0.304. The summed E-state index contributed by atoms with van der Waals surface area (Å²) in [4.78, 5) is 16.3. The topological polar surface area (TPSA) is 100 Å². The number of methoxy groups -OCH3 is 1. The minimum Gasteiger partial charge on any atom is -0.468 e. The first kappa shape index (κ1) is 20.2. The molecular weight excluding hydrogens is 400 g/mol. The molecule has 0 radical (unpaired) electrons. The summed E-state index contributed by atoms with van der Waals surface area (Å²) in [6.45, 7) is 1.48. The molecule has 0 fully saturated rings. The number of aryl methyl sites for hydroxylation is 1. The summed E-state index contributed by atoms with van der Waals surface area (Å²) < 4.78 is 30.4. The number of rotatable bonds is 4. The number of carbonyl (C=O) groups is 1. The van der Waals surface area contributed by atoms with E-state index in [1.165, 1.54) is 26.2 Å². The smallest absolute Gasteiger partial charge is 0.327 e. The molecule has 0 bridgehead atoms. The minimum absolute atomic E-state index is 0.110. The van der Waals surface area contributed by atoms with Crippen LogP contribution in [0.3, 0.4) is 0 Å². The average Bonchev–Trinajstić information content (AvgIpc) is 3.15. The summed E-state index contributed by atoms with van der Waals surface area (Å²) in [6, 6.07) is 15.7. The predicted molar refractivity (Wildman–Crippen MR) is 113 cm³/mol. The van der Waals surface area contributed by atoms with Gasteiger partial charge in [-0.2, -0.15) is 5.26 Å². The number of nitrogens with zero attached hydrogens (tertiary/aromatic N) is 1. The standard InChI is InChI=1S/C23H22N2O4S/c1-23(22(26)29-2,30(27,28)17-6-4-3-5-7-17)16-9-10-18-19-12-15(14-24)8-11-20(19)25-21(18)13-16/h3-8,11-12,16,25H,9-10,13H2,1-2H3. The third-order valence-corrected chi connectivity index (χ3v) is 8.81. The van der Waals surface area contributed by atoms with Gasteiger partial charge in [0.2, 0.25) is 0 Å². The first-order chi connectivity index (χ1) is 14.3. The zero-order valence-corrected chi connectivity index (χ0v) is 17.6. The molecule has 2 aromatic carbocycles. The van der Waals surface area contributed by atoms with Gasteiger partial charge in [-0.3, -0.25) is 4.79 Å². The normalized spacial score (nSPS) is 18.2. The highest BCUT2D eigenvalue weighted by Gasteiger charge is 2.54. The summed E-state index contributed by atoms with van der Waals surface area (Å²) in [7, 11) is -2.76. The number of fused-ring (bicyclic) bond motifs is 3. The molecule has 1 N–H and O–H groups in total. The van der Waals surface area contributed by atoms with E-state index in [0.29, 0.717) is 24.8 Å². The molecule has 7 heteroatoms. The Hall–Kier alpha value is -3.11. The molecule has 0 amide bonds. The third-order valence-electron chi connectivity index (χ3n) is 6.30. The van der Waals surface area contributed by atoms with E-state index < -0.39 is 26.5 Å². The molecule has 1 aromatic heterocycles. The van der Waals surface area contributed by atoms with Crippen molar-refractivity contribution in [1.29, 1.82) is 5.26 Å². The molecule has 30 heavy (non-hydrogen) atoms. The number of benzene rings is 2. The van der Waals surface area contributed by atoms with Crippen LogP contribution in [0.5, 0.6) is 0 Å². The molecule has 2 unspecified atom stereocenters. The lowest BCUT2D eigenvalue weighted by molar-refractivity contribution is -0.145. The lowest BCUT2D eigenvalue weighted by atomic mass is 9.79. The number of aromatic amines is 1. The largest absolute Gasteiger partial charge is 0.468 e. The molecule has 2 atom stereocenters. The van der Waals surface area contributed by atoms with Gasteiger partial charge >= 0.3 is 5.97 Å². The summed E-state index contributed by atoms with van der Waals surface area (Å²) in [5, 5.41) is 10.2. The van der Waals surface area contributed by atoms with Gasteiger partial charge in [0, 0.05) is 16.6 Å². The van der Waals surface area contributed by atoms with E-state index in [2.05, 4.69) is 11.1 Å². The molecule has 6 nitrogen and oxygen atoms in total. The molecule has 0 saturated carbocycles. The number of hydrogen-bond donors (Lipinski definition) is 1. The molecule has 0 aliphatic heterocycles. The van der Waals surface area contributed by atoms with E-state index in [-0.39, 0.29) is 4.90 Å². The molecule has 154 valence electrons. The van der Waals surface area contributed by atoms with Gasteiger partial charge in [0.1, 0.15) is 0 Å². The van der Waals surface area contributed by atoms with Crippen molar-refractivity contribution < 1.29 is 17.9 Å². The number of carbonyl (C=O) groups excluding carboxylic acids is 1. The number of H-pyrrole nitrogens is 1. The molecular formula is C23H22N2O4S. The first-order valence-electron chi connectivity index (χ1n) is 9.74. The van der Waals surface area contributed by atoms with Crippen LogP contribution in [0.15, 0.2) is 53.4 Å². The summed E-state index contributed by atoms with van der Waals surface area (Å²) >= 11 is 0. The highest BCUT2D eigenvalue weighted by atomic mass is 32.2. The Morgan fingerprint density at radius 1 is 1.23 bits per heavy atom. The van der Waals surface area contributed by atoms with Crippen LogP contribution in [0.1, 0.15) is 30.2 Å². The van der Waals surface area contributed by atoms with Gasteiger partial charge in [0.05, 0.1) is 23.6 Å². The van der Waals surface area contributed by atoms with Crippen LogP contribution in [-0.2, 0) is 32.2 Å². The second-order valence-electron chi connectivity index (χ2n) is 7.81. The van der Waals surface area contributed by atoms with Crippen molar-refractivity contribution >= 4 is 26.7 Å². The Balaban J connectivity index is 1.80. The fourth-order valence-electron chi connectivity index (χ4n) is 4.51. The zero-order chi connectivity index (χ0) is 21.5. The van der Waals surface area contributed by atoms with Crippen LogP contribution >= 0.6 is 0 Å². The maximum absolute atomic E-state index is 13.6. The maximum Gasteiger partial charge on any atom is 0.327 e. The highest BCUT2D eigenvalue weighted by molar-refractivity contribution is 7.93. The third kappa shape index (κ3) is 2.91. The minimum atomic E-state index is -3.99. The molecule has 0 saturated heterocycles. The van der Waals surface area contributed by atoms with Gasteiger partial charge in [0.25, 0.3) is 0 Å². The van der Waals surface area contributed by atoms with E-state index in [9.17, 15) is 18.5 Å². The van der Waals surface area contributed by atoms with E-state index in [1.807, 2.05) is 12.1 Å². The summed E-state index contributed by atoms with van der Waals surface area (Å²) in [6.07, 6.45) is 1.55. The fourth-order valence-corrected chi connectivity index (χ4v) is 6.46. The second-order valence-corrected chi connectivity index (χ2v) is 10.1. The number of nitriles is 1. The first-order valence-corrected chi connectivity index (χ1v) is 11.2. The molecule has 1 aliphatic rings. The Labute approximate surface area is 175 Å². The van der Waals surface area contributed by atoms with Crippen LogP contribution in [0.4, 0.5) is 0 Å². The Morgan fingerprint density at radius 3 is 2.63 bits per heavy atom. The number of nitrogens with one attached hydrogen (secondary N) is 1. The Bertz CT molecular complexity index is 1270. The van der Waals surface area contributed by atoms with E-state index in [1.54, 1.807) is 24.3 Å². The van der Waals surface area contributed by atoms with Crippen molar-refractivity contribution in [2.75, 3.05) is 7.11 Å². The molecule has 1 heterocycles. The summed E-state index contributed by atoms with van der Waals surface area (Å²) in [5.41, 5.74) is 3.49. The predicted octanol–water partition coefficient (Wildman–Crippen LogP) is 3.55. The number of ether oxygens (including phenoxy) is 1. The van der Waals surface area contributed by atoms with Gasteiger partial charge in [-0.25, -0.2) is 8.42 Å². The molecule has 4 rings (SSSR count). The van der Waals surface area contributed by atoms with Crippen LogP contribution in [0, 0.1) is 17.2 Å². The van der Waals surface area contributed by atoms with Crippen LogP contribution in [0.2, 0.25) is 0 Å². The van der Waals surface area contributed by atoms with E-state index in [4.69, 9.17) is 4.74 Å². The quantitative estimate of drug-likeness (QED) is 0.648. The van der Waals surface area contributed by atoms with Crippen molar-refractivity contribution in [2.24, 2.45) is 5.92 Å². The van der Waals surface area contributed by atoms with E-state index in [0.717, 1.165) is 22.2 Å². The Morgan fingerprint density at radius 2 is 1.97 bits per heavy atom. The van der Waals surface area contributed by atoms with Crippen LogP contribution in [-0.4, -0.2) is 31.2 Å². The molecule has 1 aliphatic carbocycles. The zero-order valence-electron chi connectivity index (χ0n) is 16.8. The van der Waals surface area contributed by atoms with Crippen molar-refractivity contribution in [3.63, 3.8) is 0 Å². The van der Waals surface area contributed by atoms with Gasteiger partial charge in [-0.05, 0) is 68.0 Å². The second kappa shape index (κ2) is 7.29. The number of sulfone groups is 1. The van der Waals surface area contributed by atoms with Crippen LogP contribution in [0.25, 0.3) is 10.9 Å². The van der Waals surface area contributed by atoms with E-state index >= 15 is 0 Å². The number of aromatic nitrogens is 1. The van der Waals surface area contributed by atoms with Crippen molar-refractivity contribution in [3.05, 3.63) is 65.4 Å². The molecule has 0 spiro atoms. The lowest BCUT2D eigenvalue weighted by Crippen LogP contribution is -2.52. The van der Waals surface area contributed by atoms with Gasteiger partial charge in [-0.1, -0.05) is 18.2 Å². The van der Waals surface area contributed by atoms with Crippen molar-refractivity contribution in [2.45, 2.75) is 35.8 Å². The average molecular weight is 423 g/mol. The Kier molecular flexibility index (Phi) is 4.91.